The molecule has 2 aromatic carbocycles. The number of hydrogen-bond acceptors (Lipinski definition) is 4. The molecule has 0 heterocycles. The Balaban J connectivity index is 1.99. The SMILES string of the molecule is NC(=O)N(Cc1ccc([N+](=O)[O-])cc1)OCc1ccccc1. The van der Waals surface area contributed by atoms with Gasteiger partial charge in [0.15, 0.2) is 0 Å². The number of benzene rings is 2. The first-order valence-corrected chi connectivity index (χ1v) is 6.53. The van der Waals surface area contributed by atoms with Crippen molar-refractivity contribution < 1.29 is 14.6 Å². The van der Waals surface area contributed by atoms with Crippen molar-refractivity contribution in [3.05, 3.63) is 75.8 Å². The van der Waals surface area contributed by atoms with Crippen molar-refractivity contribution in [2.24, 2.45) is 5.73 Å². The van der Waals surface area contributed by atoms with Gasteiger partial charge in [-0.2, -0.15) is 5.06 Å². The fourth-order valence-electron chi connectivity index (χ4n) is 1.80. The molecule has 0 aliphatic heterocycles. The first-order valence-electron chi connectivity index (χ1n) is 6.53. The second kappa shape index (κ2) is 7.19. The molecule has 0 saturated heterocycles. The van der Waals surface area contributed by atoms with Crippen LogP contribution in [-0.4, -0.2) is 16.0 Å². The summed E-state index contributed by atoms with van der Waals surface area (Å²) in [6.45, 7) is 0.316. The lowest BCUT2D eigenvalue weighted by atomic mass is 10.2. The van der Waals surface area contributed by atoms with E-state index in [0.29, 0.717) is 5.56 Å². The third-order valence-corrected chi connectivity index (χ3v) is 2.95. The van der Waals surface area contributed by atoms with E-state index >= 15 is 0 Å². The zero-order valence-electron chi connectivity index (χ0n) is 11.7. The van der Waals surface area contributed by atoms with E-state index in [4.69, 9.17) is 10.6 Å². The average Bonchev–Trinajstić information content (AvgIpc) is 2.52. The van der Waals surface area contributed by atoms with E-state index in [1.807, 2.05) is 30.3 Å². The molecule has 0 atom stereocenters. The van der Waals surface area contributed by atoms with Crippen LogP contribution in [0.25, 0.3) is 0 Å². The summed E-state index contributed by atoms with van der Waals surface area (Å²) in [7, 11) is 0. The van der Waals surface area contributed by atoms with E-state index in [-0.39, 0.29) is 18.8 Å². The van der Waals surface area contributed by atoms with Crippen LogP contribution in [0, 0.1) is 10.1 Å². The maximum absolute atomic E-state index is 11.4. The van der Waals surface area contributed by atoms with Crippen LogP contribution in [0.4, 0.5) is 10.5 Å². The number of carbonyl (C=O) groups excluding carboxylic acids is 1. The van der Waals surface area contributed by atoms with Crippen LogP contribution in [0.3, 0.4) is 0 Å². The van der Waals surface area contributed by atoms with Crippen molar-refractivity contribution in [1.82, 2.24) is 5.06 Å². The first-order chi connectivity index (χ1) is 10.6. The van der Waals surface area contributed by atoms with E-state index < -0.39 is 11.0 Å². The van der Waals surface area contributed by atoms with Crippen LogP contribution in [0.15, 0.2) is 54.6 Å². The van der Waals surface area contributed by atoms with E-state index in [2.05, 4.69) is 0 Å². The van der Waals surface area contributed by atoms with Crippen LogP contribution >= 0.6 is 0 Å². The molecule has 7 heteroatoms. The molecule has 2 aromatic rings. The number of rotatable bonds is 6. The number of amides is 2. The van der Waals surface area contributed by atoms with Crippen molar-refractivity contribution in [2.75, 3.05) is 0 Å². The van der Waals surface area contributed by atoms with Gasteiger partial charge in [0.2, 0.25) is 0 Å². The van der Waals surface area contributed by atoms with E-state index in [0.717, 1.165) is 10.6 Å². The van der Waals surface area contributed by atoms with Crippen molar-refractivity contribution in [1.29, 1.82) is 0 Å². The molecule has 2 rings (SSSR count). The summed E-state index contributed by atoms with van der Waals surface area (Å²) in [5.74, 6) is 0. The smallest absolute Gasteiger partial charge is 0.339 e. The van der Waals surface area contributed by atoms with E-state index in [1.165, 1.54) is 12.1 Å². The Kier molecular flexibility index (Phi) is 5.05. The first kappa shape index (κ1) is 15.5. The summed E-state index contributed by atoms with van der Waals surface area (Å²) in [6, 6.07) is 14.5. The van der Waals surface area contributed by atoms with Gasteiger partial charge in [0, 0.05) is 12.1 Å². The van der Waals surface area contributed by atoms with Crippen LogP contribution in [0.1, 0.15) is 11.1 Å². The van der Waals surface area contributed by atoms with Gasteiger partial charge in [-0.05, 0) is 11.1 Å². The zero-order valence-corrected chi connectivity index (χ0v) is 11.7. The van der Waals surface area contributed by atoms with Crippen LogP contribution in [-0.2, 0) is 18.0 Å². The van der Waals surface area contributed by atoms with E-state index in [9.17, 15) is 14.9 Å². The lowest BCUT2D eigenvalue weighted by molar-refractivity contribution is -0.384. The normalized spacial score (nSPS) is 10.2. The number of nitrogens with two attached hydrogens (primary N) is 1. The van der Waals surface area contributed by atoms with E-state index in [1.54, 1.807) is 12.1 Å². The number of hydroxylamine groups is 2. The predicted octanol–water partition coefficient (Wildman–Crippen LogP) is 2.61. The third-order valence-electron chi connectivity index (χ3n) is 2.95. The van der Waals surface area contributed by atoms with Gasteiger partial charge in [-0.1, -0.05) is 42.5 Å². The molecule has 114 valence electrons. The largest absolute Gasteiger partial charge is 0.350 e. The summed E-state index contributed by atoms with van der Waals surface area (Å²) in [5, 5.41) is 11.6. The zero-order chi connectivity index (χ0) is 15.9. The Labute approximate surface area is 127 Å². The second-order valence-electron chi connectivity index (χ2n) is 4.56. The van der Waals surface area contributed by atoms with Crippen molar-refractivity contribution in [3.63, 3.8) is 0 Å². The Morgan fingerprint density at radius 3 is 2.27 bits per heavy atom. The van der Waals surface area contributed by atoms with Gasteiger partial charge in [0.05, 0.1) is 11.5 Å². The molecular formula is C15H15N3O4. The van der Waals surface area contributed by atoms with Crippen LogP contribution < -0.4 is 5.73 Å². The molecule has 0 bridgehead atoms. The van der Waals surface area contributed by atoms with Crippen LogP contribution in [0.2, 0.25) is 0 Å². The van der Waals surface area contributed by atoms with Crippen molar-refractivity contribution >= 4 is 11.7 Å². The number of carbonyl (C=O) groups is 1. The Bertz CT molecular complexity index is 644. The number of nitro groups is 1. The van der Waals surface area contributed by atoms with Gasteiger partial charge in [0.1, 0.15) is 6.61 Å². The lowest BCUT2D eigenvalue weighted by Gasteiger charge is -2.19. The molecule has 0 radical (unpaired) electrons. The Hall–Kier alpha value is -2.93. The highest BCUT2D eigenvalue weighted by atomic mass is 16.7. The van der Waals surface area contributed by atoms with Crippen molar-refractivity contribution in [3.8, 4) is 0 Å². The molecule has 0 aliphatic rings. The molecule has 0 unspecified atom stereocenters. The molecule has 2 amide bonds. The minimum absolute atomic E-state index is 0.0143. The van der Waals surface area contributed by atoms with Gasteiger partial charge < -0.3 is 5.73 Å². The highest BCUT2D eigenvalue weighted by Gasteiger charge is 2.13. The number of hydrogen-bond donors (Lipinski definition) is 1. The summed E-state index contributed by atoms with van der Waals surface area (Å²) < 4.78 is 0. The fourth-order valence-corrected chi connectivity index (χ4v) is 1.80. The third kappa shape index (κ3) is 4.29. The quantitative estimate of drug-likeness (QED) is 0.654. The monoisotopic (exact) mass is 301 g/mol. The number of non-ortho nitro benzene ring substituents is 1. The topological polar surface area (TPSA) is 98.7 Å². The van der Waals surface area contributed by atoms with Gasteiger partial charge in [-0.3, -0.25) is 15.0 Å². The molecule has 2 N–H and O–H groups in total. The standard InChI is InChI=1S/C15H15N3O4/c16-15(19)17(22-11-13-4-2-1-3-5-13)10-12-6-8-14(9-7-12)18(20)21/h1-9H,10-11H2,(H2,16,19). The average molecular weight is 301 g/mol. The predicted molar refractivity (Wildman–Crippen MR) is 79.5 cm³/mol. The Morgan fingerprint density at radius 2 is 1.73 bits per heavy atom. The lowest BCUT2D eigenvalue weighted by Crippen LogP contribution is -2.35. The van der Waals surface area contributed by atoms with Gasteiger partial charge >= 0.3 is 6.03 Å². The summed E-state index contributed by atoms with van der Waals surface area (Å²) in [5.41, 5.74) is 6.84. The minimum atomic E-state index is -0.728. The van der Waals surface area contributed by atoms with Crippen LogP contribution in [0.5, 0.6) is 0 Å². The molecule has 0 aliphatic carbocycles. The fraction of sp³-hybridized carbons (Fsp3) is 0.133. The minimum Gasteiger partial charge on any atom is -0.350 e. The number of primary amides is 1. The van der Waals surface area contributed by atoms with Gasteiger partial charge in [-0.15, -0.1) is 0 Å². The highest BCUT2D eigenvalue weighted by Crippen LogP contribution is 2.14. The second-order valence-corrected chi connectivity index (χ2v) is 4.56. The molecule has 0 aromatic heterocycles. The summed E-state index contributed by atoms with van der Waals surface area (Å²) in [4.78, 5) is 26.9. The van der Waals surface area contributed by atoms with Gasteiger partial charge in [-0.25, -0.2) is 4.79 Å². The molecule has 7 nitrogen and oxygen atoms in total. The molecular weight excluding hydrogens is 286 g/mol. The maximum atomic E-state index is 11.4. The molecule has 0 saturated carbocycles. The molecule has 0 spiro atoms. The molecule has 22 heavy (non-hydrogen) atoms. The number of nitrogens with zero attached hydrogens (tertiary/aromatic N) is 2. The maximum Gasteiger partial charge on any atom is 0.339 e. The number of nitro benzene ring substituents is 1. The number of urea groups is 1. The Morgan fingerprint density at radius 1 is 1.09 bits per heavy atom. The molecule has 0 fully saturated rings. The summed E-state index contributed by atoms with van der Waals surface area (Å²) in [6.07, 6.45) is 0. The van der Waals surface area contributed by atoms with Crippen molar-refractivity contribution in [2.45, 2.75) is 13.2 Å². The highest BCUT2D eigenvalue weighted by molar-refractivity contribution is 5.70. The summed E-state index contributed by atoms with van der Waals surface area (Å²) >= 11 is 0. The van der Waals surface area contributed by atoms with Gasteiger partial charge in [0.25, 0.3) is 5.69 Å².